The van der Waals surface area contributed by atoms with E-state index in [1.807, 2.05) is 48.2 Å². The first kappa shape index (κ1) is 23.3. The average Bonchev–Trinajstić information content (AvgIpc) is 3.27. The number of methoxy groups -OCH3 is 1. The molecule has 2 aromatic heterocycles. The Morgan fingerprint density at radius 3 is 2.74 bits per heavy atom. The summed E-state index contributed by atoms with van der Waals surface area (Å²) in [6, 6.07) is 9.64. The molecule has 1 fully saturated rings. The van der Waals surface area contributed by atoms with Crippen molar-refractivity contribution in [3.63, 3.8) is 0 Å². The number of piperazine rings is 1. The van der Waals surface area contributed by atoms with Crippen molar-refractivity contribution in [1.82, 2.24) is 24.8 Å². The summed E-state index contributed by atoms with van der Waals surface area (Å²) in [5.74, 6) is 1.22. The molecule has 0 aliphatic carbocycles. The number of likely N-dealkylation sites (N-methyl/N-ethyl adjacent to an activating group) is 1. The number of ether oxygens (including phenoxy) is 1. The van der Waals surface area contributed by atoms with Gasteiger partial charge in [-0.05, 0) is 62.0 Å². The van der Waals surface area contributed by atoms with Crippen LogP contribution in [0.4, 0.5) is 11.6 Å². The molecule has 4 rings (SSSR count). The van der Waals surface area contributed by atoms with E-state index in [0.29, 0.717) is 17.4 Å². The number of hydrogen-bond donors (Lipinski definition) is 2. The van der Waals surface area contributed by atoms with Crippen LogP contribution in [-0.2, 0) is 4.74 Å². The van der Waals surface area contributed by atoms with Crippen LogP contribution in [0.15, 0.2) is 67.1 Å². The third kappa shape index (κ3) is 5.35. The normalized spacial score (nSPS) is 15.4. The summed E-state index contributed by atoms with van der Waals surface area (Å²) in [5.41, 5.74) is 4.09. The highest BCUT2D eigenvalue weighted by Crippen LogP contribution is 2.24. The van der Waals surface area contributed by atoms with E-state index in [4.69, 9.17) is 4.74 Å². The second-order valence-corrected chi connectivity index (χ2v) is 8.31. The van der Waals surface area contributed by atoms with Crippen LogP contribution in [0, 0.1) is 0 Å². The third-order valence-corrected chi connectivity index (χ3v) is 5.83. The lowest BCUT2D eigenvalue weighted by Gasteiger charge is -2.32. The first-order chi connectivity index (χ1) is 16.5. The van der Waals surface area contributed by atoms with Gasteiger partial charge in [0.2, 0.25) is 5.95 Å². The van der Waals surface area contributed by atoms with Crippen molar-refractivity contribution in [2.45, 2.75) is 6.92 Å². The fraction of sp³-hybridized carbons (Fsp3) is 0.269. The predicted octanol–water partition coefficient (Wildman–Crippen LogP) is 4.21. The van der Waals surface area contributed by atoms with Gasteiger partial charge in [-0.3, -0.25) is 4.79 Å². The van der Waals surface area contributed by atoms with E-state index >= 15 is 0 Å². The summed E-state index contributed by atoms with van der Waals surface area (Å²) in [6.07, 6.45) is 7.08. The largest absolute Gasteiger partial charge is 0.497 e. The Balaban J connectivity index is 1.51. The number of benzene rings is 1. The van der Waals surface area contributed by atoms with Gasteiger partial charge in [0.25, 0.3) is 5.91 Å². The lowest BCUT2D eigenvalue weighted by atomic mass is 10.2. The minimum atomic E-state index is 0.0399. The molecule has 176 valence electrons. The summed E-state index contributed by atoms with van der Waals surface area (Å²) >= 11 is 0. The zero-order valence-electron chi connectivity index (χ0n) is 19.8. The molecule has 0 saturated carbocycles. The predicted molar refractivity (Wildman–Crippen MR) is 136 cm³/mol. The first-order valence-electron chi connectivity index (χ1n) is 11.2. The molecule has 1 saturated heterocycles. The van der Waals surface area contributed by atoms with E-state index in [1.165, 1.54) is 0 Å². The van der Waals surface area contributed by atoms with E-state index in [9.17, 15) is 4.79 Å². The molecule has 1 amide bonds. The highest BCUT2D eigenvalue weighted by Gasteiger charge is 2.21. The number of aromatic nitrogens is 3. The molecule has 1 aromatic carbocycles. The van der Waals surface area contributed by atoms with E-state index in [0.717, 1.165) is 54.0 Å². The van der Waals surface area contributed by atoms with Crippen LogP contribution in [0.2, 0.25) is 0 Å². The molecular weight excluding hydrogens is 428 g/mol. The van der Waals surface area contributed by atoms with E-state index in [-0.39, 0.29) is 5.91 Å². The maximum Gasteiger partial charge on any atom is 0.270 e. The molecule has 0 radical (unpaired) electrons. The molecule has 0 atom stereocenters. The SMILES string of the molecule is C=C/C=C(\C=C(/C)c1ccnc(Nc2ccc3[nH]c(C(=O)N4CCN(C)CC4)cc3c2)n1)OC. The Morgan fingerprint density at radius 1 is 1.21 bits per heavy atom. The van der Waals surface area contributed by atoms with Crippen molar-refractivity contribution in [2.75, 3.05) is 45.7 Å². The highest BCUT2D eigenvalue weighted by atomic mass is 16.5. The second-order valence-electron chi connectivity index (χ2n) is 8.31. The smallest absolute Gasteiger partial charge is 0.270 e. The molecular formula is C26H30N6O2. The number of rotatable bonds is 7. The molecule has 1 aliphatic rings. The van der Waals surface area contributed by atoms with Gasteiger partial charge >= 0.3 is 0 Å². The number of hydrogen-bond acceptors (Lipinski definition) is 6. The molecule has 1 aliphatic heterocycles. The number of fused-ring (bicyclic) bond motifs is 1. The summed E-state index contributed by atoms with van der Waals surface area (Å²) in [6.45, 7) is 8.94. The average molecular weight is 459 g/mol. The summed E-state index contributed by atoms with van der Waals surface area (Å²) in [7, 11) is 3.69. The zero-order valence-corrected chi connectivity index (χ0v) is 19.8. The quantitative estimate of drug-likeness (QED) is 0.408. The van der Waals surface area contributed by atoms with Gasteiger partial charge in [-0.25, -0.2) is 9.97 Å². The standard InChI is InChI=1S/C26H30N6O2/c1-5-6-21(34-4)15-18(2)22-9-10-27-26(30-22)28-20-7-8-23-19(16-20)17-24(29-23)25(33)32-13-11-31(3)12-14-32/h5-10,15-17,29H,1,11-14H2,2-4H3,(H,27,28,30)/b18-15+,21-6+. The Kier molecular flexibility index (Phi) is 7.08. The van der Waals surface area contributed by atoms with Crippen molar-refractivity contribution in [1.29, 1.82) is 0 Å². The molecule has 3 heterocycles. The maximum atomic E-state index is 12.9. The van der Waals surface area contributed by atoms with Crippen LogP contribution >= 0.6 is 0 Å². The van der Waals surface area contributed by atoms with Crippen LogP contribution in [0.3, 0.4) is 0 Å². The fourth-order valence-corrected chi connectivity index (χ4v) is 3.85. The lowest BCUT2D eigenvalue weighted by Crippen LogP contribution is -2.47. The van der Waals surface area contributed by atoms with Gasteiger partial charge in [-0.1, -0.05) is 12.7 Å². The highest BCUT2D eigenvalue weighted by molar-refractivity contribution is 5.98. The monoisotopic (exact) mass is 458 g/mol. The number of anilines is 2. The van der Waals surface area contributed by atoms with Gasteiger partial charge in [0.1, 0.15) is 11.5 Å². The Morgan fingerprint density at radius 2 is 2.00 bits per heavy atom. The van der Waals surface area contributed by atoms with Crippen molar-refractivity contribution in [3.05, 3.63) is 78.5 Å². The molecule has 0 bridgehead atoms. The number of carbonyl (C=O) groups is 1. The molecule has 8 nitrogen and oxygen atoms in total. The van der Waals surface area contributed by atoms with Crippen molar-refractivity contribution in [3.8, 4) is 0 Å². The number of H-pyrrole nitrogens is 1. The van der Waals surface area contributed by atoms with Gasteiger partial charge in [0.15, 0.2) is 0 Å². The van der Waals surface area contributed by atoms with Crippen LogP contribution in [0.25, 0.3) is 16.5 Å². The Labute approximate surface area is 199 Å². The second kappa shape index (κ2) is 10.4. The van der Waals surface area contributed by atoms with Crippen LogP contribution < -0.4 is 5.32 Å². The van der Waals surface area contributed by atoms with Crippen molar-refractivity contribution in [2.24, 2.45) is 0 Å². The van der Waals surface area contributed by atoms with Crippen LogP contribution in [0.5, 0.6) is 0 Å². The molecule has 0 spiro atoms. The number of carbonyl (C=O) groups excluding carboxylic acids is 1. The van der Waals surface area contributed by atoms with Gasteiger partial charge in [-0.15, -0.1) is 0 Å². The summed E-state index contributed by atoms with van der Waals surface area (Å²) < 4.78 is 5.33. The number of allylic oxidation sites excluding steroid dienone is 4. The number of nitrogens with one attached hydrogen (secondary N) is 2. The van der Waals surface area contributed by atoms with Gasteiger partial charge in [-0.2, -0.15) is 0 Å². The van der Waals surface area contributed by atoms with Crippen molar-refractivity contribution >= 4 is 34.0 Å². The minimum absolute atomic E-state index is 0.0399. The molecule has 8 heteroatoms. The third-order valence-electron chi connectivity index (χ3n) is 5.83. The minimum Gasteiger partial charge on any atom is -0.497 e. The van der Waals surface area contributed by atoms with Gasteiger partial charge in [0.05, 0.1) is 12.8 Å². The number of amides is 1. The van der Waals surface area contributed by atoms with E-state index in [1.54, 1.807) is 25.5 Å². The van der Waals surface area contributed by atoms with Crippen molar-refractivity contribution < 1.29 is 9.53 Å². The Hall–Kier alpha value is -3.91. The van der Waals surface area contributed by atoms with E-state index < -0.39 is 0 Å². The maximum absolute atomic E-state index is 12.9. The number of aromatic amines is 1. The molecule has 0 unspecified atom stereocenters. The van der Waals surface area contributed by atoms with E-state index in [2.05, 4.69) is 38.8 Å². The summed E-state index contributed by atoms with van der Waals surface area (Å²) in [5, 5.41) is 4.22. The summed E-state index contributed by atoms with van der Waals surface area (Å²) in [4.78, 5) is 29.3. The first-order valence-corrected chi connectivity index (χ1v) is 11.2. The zero-order chi connectivity index (χ0) is 24.1. The lowest BCUT2D eigenvalue weighted by molar-refractivity contribution is 0.0659. The Bertz CT molecular complexity index is 1250. The van der Waals surface area contributed by atoms with Gasteiger partial charge in [0, 0.05) is 49.0 Å². The molecule has 2 N–H and O–H groups in total. The van der Waals surface area contributed by atoms with Crippen LogP contribution in [-0.4, -0.2) is 71.0 Å². The number of nitrogens with zero attached hydrogens (tertiary/aromatic N) is 4. The van der Waals surface area contributed by atoms with Gasteiger partial charge < -0.3 is 24.8 Å². The molecule has 3 aromatic rings. The molecule has 34 heavy (non-hydrogen) atoms. The fourth-order valence-electron chi connectivity index (χ4n) is 3.85. The van der Waals surface area contributed by atoms with Crippen LogP contribution in [0.1, 0.15) is 23.1 Å². The topological polar surface area (TPSA) is 86.4 Å².